The molecule has 30 heavy (non-hydrogen) atoms. The number of rotatable bonds is 7. The summed E-state index contributed by atoms with van der Waals surface area (Å²) >= 11 is 1.67. The molecule has 0 saturated heterocycles. The Kier molecular flexibility index (Phi) is 5.76. The smallest absolute Gasteiger partial charge is 0.287 e. The molecule has 0 saturated carbocycles. The molecule has 7 nitrogen and oxygen atoms in total. The van der Waals surface area contributed by atoms with Crippen LogP contribution < -0.4 is 5.32 Å². The molecule has 0 aliphatic heterocycles. The van der Waals surface area contributed by atoms with Gasteiger partial charge in [0.25, 0.3) is 5.91 Å². The van der Waals surface area contributed by atoms with Gasteiger partial charge < -0.3 is 14.3 Å². The molecule has 1 N–H and O–H groups in total. The highest BCUT2D eigenvalue weighted by molar-refractivity contribution is 7.09. The number of hydrogen-bond donors (Lipinski definition) is 1. The molecule has 0 bridgehead atoms. The lowest BCUT2D eigenvalue weighted by molar-refractivity contribution is 0.0885. The molecule has 0 aliphatic carbocycles. The van der Waals surface area contributed by atoms with Crippen molar-refractivity contribution in [3.63, 3.8) is 0 Å². The number of nitrogens with one attached hydrogen (secondary N) is 1. The van der Waals surface area contributed by atoms with Crippen LogP contribution in [0.5, 0.6) is 0 Å². The zero-order valence-corrected chi connectivity index (χ0v) is 17.8. The number of benzene rings is 1. The van der Waals surface area contributed by atoms with Gasteiger partial charge >= 0.3 is 0 Å². The summed E-state index contributed by atoms with van der Waals surface area (Å²) in [5.41, 5.74) is 2.85. The first-order chi connectivity index (χ1) is 14.5. The van der Waals surface area contributed by atoms with Gasteiger partial charge in [0, 0.05) is 16.5 Å². The quantitative estimate of drug-likeness (QED) is 0.443. The summed E-state index contributed by atoms with van der Waals surface area (Å²) in [4.78, 5) is 21.5. The lowest BCUT2D eigenvalue weighted by Crippen LogP contribution is -2.31. The minimum Gasteiger partial charge on any atom is -0.459 e. The topological polar surface area (TPSA) is 94.1 Å². The fourth-order valence-corrected chi connectivity index (χ4v) is 3.76. The highest BCUT2D eigenvalue weighted by atomic mass is 32.1. The fraction of sp³-hybridized carbons (Fsp3) is 0.273. The number of nitrogens with zero attached hydrogens (tertiary/aromatic N) is 3. The number of carbonyl (C=O) groups is 1. The number of carbonyl (C=O) groups excluding carboxylic acids is 1. The second-order valence-electron chi connectivity index (χ2n) is 7.19. The Balaban J connectivity index is 1.52. The van der Waals surface area contributed by atoms with Gasteiger partial charge in [0.15, 0.2) is 5.76 Å². The van der Waals surface area contributed by atoms with Crippen LogP contribution in [0.25, 0.3) is 22.6 Å². The van der Waals surface area contributed by atoms with Crippen LogP contribution in [-0.2, 0) is 6.42 Å². The first-order valence-corrected chi connectivity index (χ1v) is 10.7. The Bertz CT molecular complexity index is 1110. The van der Waals surface area contributed by atoms with Gasteiger partial charge in [-0.25, -0.2) is 4.98 Å². The Labute approximate surface area is 178 Å². The largest absolute Gasteiger partial charge is 0.459 e. The standard InChI is InChI=1S/C22H22N4O3S/c1-4-18-23-16(12-30-18)14-7-9-15(10-8-14)20-25-22(29-26-20)19(13(2)3)24-21(27)17-6-5-11-28-17/h5-13,19H,4H2,1-3H3,(H,24,27)/t19-/m1/s1. The normalized spacial score (nSPS) is 12.3. The Morgan fingerprint density at radius 3 is 2.53 bits per heavy atom. The van der Waals surface area contributed by atoms with Crippen molar-refractivity contribution in [1.82, 2.24) is 20.4 Å². The third-order valence-electron chi connectivity index (χ3n) is 4.70. The summed E-state index contributed by atoms with van der Waals surface area (Å²) < 4.78 is 10.6. The van der Waals surface area contributed by atoms with Crippen molar-refractivity contribution >= 4 is 17.2 Å². The van der Waals surface area contributed by atoms with E-state index in [0.717, 1.165) is 28.2 Å². The highest BCUT2D eigenvalue weighted by Gasteiger charge is 2.26. The zero-order valence-electron chi connectivity index (χ0n) is 17.0. The molecule has 4 rings (SSSR count). The Hall–Kier alpha value is -3.26. The van der Waals surface area contributed by atoms with Crippen LogP contribution in [0.15, 0.2) is 57.0 Å². The van der Waals surface area contributed by atoms with Crippen molar-refractivity contribution in [3.05, 3.63) is 64.7 Å². The molecule has 0 unspecified atom stereocenters. The van der Waals surface area contributed by atoms with Crippen LogP contribution in [-0.4, -0.2) is 21.0 Å². The van der Waals surface area contributed by atoms with Gasteiger partial charge in [-0.15, -0.1) is 11.3 Å². The lowest BCUT2D eigenvalue weighted by atomic mass is 10.0. The summed E-state index contributed by atoms with van der Waals surface area (Å²) in [5, 5.41) is 10.2. The van der Waals surface area contributed by atoms with Crippen LogP contribution in [0.4, 0.5) is 0 Å². The van der Waals surface area contributed by atoms with E-state index in [4.69, 9.17) is 8.94 Å². The molecule has 0 fully saturated rings. The van der Waals surface area contributed by atoms with Crippen molar-refractivity contribution < 1.29 is 13.7 Å². The van der Waals surface area contributed by atoms with Crippen molar-refractivity contribution in [1.29, 1.82) is 0 Å². The lowest BCUT2D eigenvalue weighted by Gasteiger charge is -2.17. The van der Waals surface area contributed by atoms with Crippen LogP contribution in [0.1, 0.15) is 48.3 Å². The third kappa shape index (κ3) is 4.18. The molecule has 154 valence electrons. The first-order valence-electron chi connectivity index (χ1n) is 9.78. The van der Waals surface area contributed by atoms with Crippen LogP contribution in [0.3, 0.4) is 0 Å². The maximum absolute atomic E-state index is 12.4. The van der Waals surface area contributed by atoms with E-state index in [1.165, 1.54) is 6.26 Å². The van der Waals surface area contributed by atoms with E-state index in [0.29, 0.717) is 11.7 Å². The molecule has 1 amide bonds. The monoisotopic (exact) mass is 422 g/mol. The van der Waals surface area contributed by atoms with E-state index in [-0.39, 0.29) is 17.6 Å². The summed E-state index contributed by atoms with van der Waals surface area (Å²) in [5.74, 6) is 0.803. The molecule has 1 atom stereocenters. The van der Waals surface area contributed by atoms with E-state index in [9.17, 15) is 4.79 Å². The van der Waals surface area contributed by atoms with E-state index in [1.54, 1.807) is 23.5 Å². The van der Waals surface area contributed by atoms with Gasteiger partial charge in [0.05, 0.1) is 17.0 Å². The van der Waals surface area contributed by atoms with E-state index in [1.807, 2.05) is 38.1 Å². The average molecular weight is 423 g/mol. The first kappa shape index (κ1) is 20.0. The molecule has 8 heteroatoms. The minimum absolute atomic E-state index is 0.0528. The predicted molar refractivity (Wildman–Crippen MR) is 114 cm³/mol. The number of furan rings is 1. The molecule has 3 aromatic heterocycles. The zero-order chi connectivity index (χ0) is 21.1. The maximum atomic E-state index is 12.4. The Morgan fingerprint density at radius 1 is 1.13 bits per heavy atom. The maximum Gasteiger partial charge on any atom is 0.287 e. The number of aromatic nitrogens is 3. The summed E-state index contributed by atoms with van der Waals surface area (Å²) in [7, 11) is 0. The Morgan fingerprint density at radius 2 is 1.90 bits per heavy atom. The van der Waals surface area contributed by atoms with Crippen LogP contribution in [0.2, 0.25) is 0 Å². The van der Waals surface area contributed by atoms with Crippen molar-refractivity contribution in [3.8, 4) is 22.6 Å². The second-order valence-corrected chi connectivity index (χ2v) is 8.13. The van der Waals surface area contributed by atoms with Gasteiger partial charge in [0.2, 0.25) is 11.7 Å². The number of thiazole rings is 1. The second kappa shape index (κ2) is 8.62. The molecule has 4 aromatic rings. The molecular formula is C22H22N4O3S. The molecule has 1 aromatic carbocycles. The minimum atomic E-state index is -0.425. The summed E-state index contributed by atoms with van der Waals surface area (Å²) in [6.07, 6.45) is 2.39. The highest BCUT2D eigenvalue weighted by Crippen LogP contribution is 2.27. The van der Waals surface area contributed by atoms with Gasteiger partial charge in [-0.3, -0.25) is 4.79 Å². The average Bonchev–Trinajstić information content (AvgIpc) is 3.53. The fourth-order valence-electron chi connectivity index (χ4n) is 3.01. The van der Waals surface area contributed by atoms with Gasteiger partial charge in [-0.2, -0.15) is 4.98 Å². The van der Waals surface area contributed by atoms with Gasteiger partial charge in [-0.1, -0.05) is 50.2 Å². The third-order valence-corrected chi connectivity index (χ3v) is 5.69. The van der Waals surface area contributed by atoms with Crippen molar-refractivity contribution in [2.45, 2.75) is 33.2 Å². The van der Waals surface area contributed by atoms with E-state index >= 15 is 0 Å². The SMILES string of the molecule is CCc1nc(-c2ccc(-c3noc([C@H](NC(=O)c4ccco4)C(C)C)n3)cc2)cs1. The number of hydrogen-bond acceptors (Lipinski definition) is 7. The van der Waals surface area contributed by atoms with Gasteiger partial charge in [0.1, 0.15) is 6.04 Å². The van der Waals surface area contributed by atoms with Crippen LogP contribution >= 0.6 is 11.3 Å². The van der Waals surface area contributed by atoms with E-state index in [2.05, 4.69) is 32.7 Å². The number of amides is 1. The van der Waals surface area contributed by atoms with Crippen molar-refractivity contribution in [2.24, 2.45) is 5.92 Å². The molecule has 0 aliphatic rings. The van der Waals surface area contributed by atoms with Gasteiger partial charge in [-0.05, 0) is 24.5 Å². The van der Waals surface area contributed by atoms with E-state index < -0.39 is 6.04 Å². The molecule has 3 heterocycles. The summed E-state index contributed by atoms with van der Waals surface area (Å²) in [6.45, 7) is 6.05. The summed E-state index contributed by atoms with van der Waals surface area (Å²) in [6, 6.07) is 10.7. The predicted octanol–water partition coefficient (Wildman–Crippen LogP) is 5.14. The molecule has 0 spiro atoms. The molecular weight excluding hydrogens is 400 g/mol. The molecule has 0 radical (unpaired) electrons. The van der Waals surface area contributed by atoms with Crippen molar-refractivity contribution in [2.75, 3.05) is 0 Å². The number of aryl methyl sites for hydroxylation is 1. The van der Waals surface area contributed by atoms with Crippen LogP contribution in [0, 0.1) is 5.92 Å².